The van der Waals surface area contributed by atoms with E-state index in [2.05, 4.69) is 20.8 Å². The van der Waals surface area contributed by atoms with Crippen LogP contribution in [0.15, 0.2) is 6.20 Å². The topological polar surface area (TPSA) is 104 Å². The smallest absolute Gasteiger partial charge is 0.315 e. The summed E-state index contributed by atoms with van der Waals surface area (Å²) in [7, 11) is -2.95. The number of H-pyrrole nitrogens is 1. The van der Waals surface area contributed by atoms with E-state index in [0.717, 1.165) is 24.1 Å². The second kappa shape index (κ2) is 6.25. The van der Waals surface area contributed by atoms with Crippen molar-refractivity contribution < 1.29 is 13.2 Å². The van der Waals surface area contributed by atoms with Gasteiger partial charge in [-0.1, -0.05) is 0 Å². The third-order valence-corrected chi connectivity index (χ3v) is 5.18. The van der Waals surface area contributed by atoms with Crippen molar-refractivity contribution in [1.82, 2.24) is 20.8 Å². The molecule has 0 spiro atoms. The monoisotopic (exact) mass is 300 g/mol. The largest absolute Gasteiger partial charge is 0.338 e. The second-order valence-corrected chi connectivity index (χ2v) is 7.35. The summed E-state index contributed by atoms with van der Waals surface area (Å²) in [5.41, 5.74) is 2.19. The summed E-state index contributed by atoms with van der Waals surface area (Å²) in [6.07, 6.45) is 3.96. The highest BCUT2D eigenvalue weighted by molar-refractivity contribution is 7.91. The number of carbonyl (C=O) groups is 1. The van der Waals surface area contributed by atoms with E-state index in [9.17, 15) is 13.2 Å². The Morgan fingerprint density at radius 2 is 2.35 bits per heavy atom. The lowest BCUT2D eigenvalue weighted by Crippen LogP contribution is -2.43. The standard InChI is InChI=1S/C12H20N4O3S/c1-9-10(7-14-16-9)3-2-5-13-12(17)15-11-4-6-20(18,19)8-11/h7,11H,2-6,8H2,1H3,(H,14,16)(H2,13,15,17)/t11-/m0/s1. The van der Waals surface area contributed by atoms with Gasteiger partial charge in [0.2, 0.25) is 0 Å². The molecule has 2 amide bonds. The van der Waals surface area contributed by atoms with Crippen LogP contribution in [0.1, 0.15) is 24.1 Å². The van der Waals surface area contributed by atoms with Crippen molar-refractivity contribution in [2.75, 3.05) is 18.1 Å². The minimum Gasteiger partial charge on any atom is -0.338 e. The molecule has 0 radical (unpaired) electrons. The molecule has 0 aliphatic carbocycles. The maximum absolute atomic E-state index is 11.6. The van der Waals surface area contributed by atoms with E-state index >= 15 is 0 Å². The molecule has 0 unspecified atom stereocenters. The van der Waals surface area contributed by atoms with Crippen molar-refractivity contribution in [3.63, 3.8) is 0 Å². The summed E-state index contributed by atoms with van der Waals surface area (Å²) in [4.78, 5) is 11.6. The molecule has 3 N–H and O–H groups in total. The fraction of sp³-hybridized carbons (Fsp3) is 0.667. The highest BCUT2D eigenvalue weighted by atomic mass is 32.2. The zero-order chi connectivity index (χ0) is 14.6. The SMILES string of the molecule is Cc1[nH]ncc1CCCNC(=O)N[C@H]1CCS(=O)(=O)C1. The molecule has 1 saturated heterocycles. The molecule has 1 fully saturated rings. The van der Waals surface area contributed by atoms with Crippen molar-refractivity contribution in [3.8, 4) is 0 Å². The molecule has 0 saturated carbocycles. The van der Waals surface area contributed by atoms with Crippen molar-refractivity contribution in [2.24, 2.45) is 0 Å². The van der Waals surface area contributed by atoms with Gasteiger partial charge in [0.1, 0.15) is 0 Å². The highest BCUT2D eigenvalue weighted by Crippen LogP contribution is 2.10. The van der Waals surface area contributed by atoms with E-state index in [1.807, 2.05) is 6.92 Å². The van der Waals surface area contributed by atoms with Gasteiger partial charge in [-0.2, -0.15) is 5.10 Å². The van der Waals surface area contributed by atoms with Gasteiger partial charge >= 0.3 is 6.03 Å². The number of nitrogens with zero attached hydrogens (tertiary/aromatic N) is 1. The Kier molecular flexibility index (Phi) is 4.64. The summed E-state index contributed by atoms with van der Waals surface area (Å²) in [6, 6.07) is -0.549. The number of aromatic nitrogens is 2. The van der Waals surface area contributed by atoms with Gasteiger partial charge in [-0.3, -0.25) is 5.10 Å². The average molecular weight is 300 g/mol. The van der Waals surface area contributed by atoms with E-state index in [1.54, 1.807) is 6.20 Å². The lowest BCUT2D eigenvalue weighted by molar-refractivity contribution is 0.238. The van der Waals surface area contributed by atoms with Crippen LogP contribution < -0.4 is 10.6 Å². The molecule has 1 aromatic heterocycles. The van der Waals surface area contributed by atoms with Crippen molar-refractivity contribution in [3.05, 3.63) is 17.5 Å². The normalized spacial score (nSPS) is 20.8. The number of sulfone groups is 1. The van der Waals surface area contributed by atoms with E-state index < -0.39 is 9.84 Å². The molecule has 2 heterocycles. The third kappa shape index (κ3) is 4.22. The highest BCUT2D eigenvalue weighted by Gasteiger charge is 2.28. The van der Waals surface area contributed by atoms with Crippen LogP contribution in [-0.4, -0.2) is 48.7 Å². The Morgan fingerprint density at radius 1 is 1.55 bits per heavy atom. The van der Waals surface area contributed by atoms with Gasteiger partial charge in [0.15, 0.2) is 9.84 Å². The number of aryl methyl sites for hydroxylation is 2. The Bertz CT molecular complexity index is 567. The number of hydrogen-bond acceptors (Lipinski definition) is 4. The summed E-state index contributed by atoms with van der Waals surface area (Å²) < 4.78 is 22.5. The summed E-state index contributed by atoms with van der Waals surface area (Å²) >= 11 is 0. The van der Waals surface area contributed by atoms with E-state index in [0.29, 0.717) is 13.0 Å². The Balaban J connectivity index is 1.62. The number of amides is 2. The van der Waals surface area contributed by atoms with Crippen LogP contribution in [0.3, 0.4) is 0 Å². The quantitative estimate of drug-likeness (QED) is 0.673. The van der Waals surface area contributed by atoms with Crippen molar-refractivity contribution in [2.45, 2.75) is 32.2 Å². The fourth-order valence-electron chi connectivity index (χ4n) is 2.25. The fourth-order valence-corrected chi connectivity index (χ4v) is 3.93. The molecule has 8 heteroatoms. The van der Waals surface area contributed by atoms with Gasteiger partial charge < -0.3 is 10.6 Å². The molecule has 112 valence electrons. The molecule has 1 aromatic rings. The van der Waals surface area contributed by atoms with Crippen molar-refractivity contribution >= 4 is 15.9 Å². The molecule has 0 bridgehead atoms. The first kappa shape index (κ1) is 14.8. The molecule has 20 heavy (non-hydrogen) atoms. The Labute approximate surface area is 118 Å². The minimum absolute atomic E-state index is 0.0502. The summed E-state index contributed by atoms with van der Waals surface area (Å²) in [6.45, 7) is 2.51. The molecule has 1 aliphatic rings. The zero-order valence-electron chi connectivity index (χ0n) is 11.5. The molecular formula is C12H20N4O3S. The van der Waals surface area contributed by atoms with E-state index in [4.69, 9.17) is 0 Å². The molecule has 1 atom stereocenters. The number of rotatable bonds is 5. The zero-order valence-corrected chi connectivity index (χ0v) is 12.3. The number of nitrogens with one attached hydrogen (secondary N) is 3. The molecular weight excluding hydrogens is 280 g/mol. The third-order valence-electron chi connectivity index (χ3n) is 3.41. The van der Waals surface area contributed by atoms with Crippen LogP contribution in [0.2, 0.25) is 0 Å². The van der Waals surface area contributed by atoms with E-state index in [1.165, 1.54) is 0 Å². The molecule has 0 aromatic carbocycles. The lowest BCUT2D eigenvalue weighted by atomic mass is 10.1. The predicted molar refractivity (Wildman–Crippen MR) is 75.2 cm³/mol. The van der Waals surface area contributed by atoms with Crippen LogP contribution in [0.5, 0.6) is 0 Å². The number of urea groups is 1. The van der Waals surface area contributed by atoms with Crippen LogP contribution >= 0.6 is 0 Å². The van der Waals surface area contributed by atoms with Crippen LogP contribution in [0.4, 0.5) is 4.79 Å². The maximum Gasteiger partial charge on any atom is 0.315 e. The first-order valence-electron chi connectivity index (χ1n) is 6.70. The van der Waals surface area contributed by atoms with E-state index in [-0.39, 0.29) is 23.6 Å². The average Bonchev–Trinajstić information content (AvgIpc) is 2.91. The molecule has 7 nitrogen and oxygen atoms in total. The van der Waals surface area contributed by atoms with Gasteiger partial charge in [0.25, 0.3) is 0 Å². The van der Waals surface area contributed by atoms with Gasteiger partial charge in [-0.25, -0.2) is 13.2 Å². The van der Waals surface area contributed by atoms with Crippen LogP contribution in [0, 0.1) is 6.92 Å². The Morgan fingerprint density at radius 3 is 2.95 bits per heavy atom. The Hall–Kier alpha value is -1.57. The minimum atomic E-state index is -2.95. The molecule has 2 rings (SSSR count). The first-order valence-corrected chi connectivity index (χ1v) is 8.52. The number of aromatic amines is 1. The first-order chi connectivity index (χ1) is 9.46. The second-order valence-electron chi connectivity index (χ2n) is 5.12. The van der Waals surface area contributed by atoms with Crippen LogP contribution in [0.25, 0.3) is 0 Å². The number of hydrogen-bond donors (Lipinski definition) is 3. The predicted octanol–water partition coefficient (Wildman–Crippen LogP) is 0.137. The maximum atomic E-state index is 11.6. The molecule has 1 aliphatic heterocycles. The summed E-state index contributed by atoms with van der Waals surface area (Å²) in [5, 5.41) is 12.2. The van der Waals surface area contributed by atoms with Crippen LogP contribution in [-0.2, 0) is 16.3 Å². The van der Waals surface area contributed by atoms with Gasteiger partial charge in [0.05, 0.1) is 17.7 Å². The van der Waals surface area contributed by atoms with Gasteiger partial charge in [-0.05, 0) is 31.7 Å². The number of carbonyl (C=O) groups excluding carboxylic acids is 1. The summed E-state index contributed by atoms with van der Waals surface area (Å²) in [5.74, 6) is 0.215. The van der Waals surface area contributed by atoms with Gasteiger partial charge in [0, 0.05) is 18.3 Å². The lowest BCUT2D eigenvalue weighted by Gasteiger charge is -2.11. The van der Waals surface area contributed by atoms with Gasteiger partial charge in [-0.15, -0.1) is 0 Å². The van der Waals surface area contributed by atoms with Crippen molar-refractivity contribution in [1.29, 1.82) is 0 Å².